The predicted octanol–water partition coefficient (Wildman–Crippen LogP) is 6.04. The normalized spacial score (nSPS) is 10.4. The van der Waals surface area contributed by atoms with Gasteiger partial charge in [-0.2, -0.15) is 0 Å². The summed E-state index contributed by atoms with van der Waals surface area (Å²) in [5, 5.41) is 5.02. The van der Waals surface area contributed by atoms with Crippen LogP contribution in [0, 0.1) is 0 Å². The first-order valence-corrected chi connectivity index (χ1v) is 6.24. The van der Waals surface area contributed by atoms with Crippen LogP contribution in [0.1, 0.15) is 0 Å². The molecule has 0 amide bonds. The van der Waals surface area contributed by atoms with E-state index in [1.807, 2.05) is 12.1 Å². The maximum Gasteiger partial charge on any atom is 0.0780 e. The van der Waals surface area contributed by atoms with Gasteiger partial charge in [0.15, 0.2) is 0 Å². The molecule has 0 unspecified atom stereocenters. The van der Waals surface area contributed by atoms with E-state index in [-0.39, 0.29) is 0 Å². The van der Waals surface area contributed by atoms with Crippen molar-refractivity contribution in [2.24, 2.45) is 0 Å². The summed E-state index contributed by atoms with van der Waals surface area (Å²) in [5.41, 5.74) is 1.66. The Bertz CT molecular complexity index is 514. The third kappa shape index (κ3) is 3.20. The molecule has 0 spiro atoms. The molecule has 0 bridgehead atoms. The fraction of sp³-hybridized carbons (Fsp3) is 0. The van der Waals surface area contributed by atoms with Crippen molar-refractivity contribution in [2.75, 3.05) is 5.32 Å². The van der Waals surface area contributed by atoms with Gasteiger partial charge in [0.2, 0.25) is 0 Å². The van der Waals surface area contributed by atoms with E-state index in [1.165, 1.54) is 0 Å². The van der Waals surface area contributed by atoms with E-state index in [0.29, 0.717) is 20.1 Å². The van der Waals surface area contributed by atoms with Crippen LogP contribution in [-0.2, 0) is 0 Å². The quantitative estimate of drug-likeness (QED) is 0.666. The summed E-state index contributed by atoms with van der Waals surface area (Å²) >= 11 is 23.5. The Morgan fingerprint density at radius 1 is 0.706 bits per heavy atom. The number of halogens is 4. The van der Waals surface area contributed by atoms with Crippen LogP contribution < -0.4 is 5.32 Å². The number of hydrogen-bond acceptors (Lipinski definition) is 1. The molecule has 1 N–H and O–H groups in total. The molecular weight excluding hydrogens is 300 g/mol. The van der Waals surface area contributed by atoms with Gasteiger partial charge in [0.1, 0.15) is 0 Å². The highest BCUT2D eigenvalue weighted by atomic mass is 35.5. The largest absolute Gasteiger partial charge is 0.355 e. The summed E-state index contributed by atoms with van der Waals surface area (Å²) in [5.74, 6) is 0. The van der Waals surface area contributed by atoms with Gasteiger partial charge in [-0.15, -0.1) is 0 Å². The third-order valence-corrected chi connectivity index (χ3v) is 3.57. The van der Waals surface area contributed by atoms with Gasteiger partial charge in [0, 0.05) is 16.4 Å². The first-order chi connectivity index (χ1) is 8.06. The highest BCUT2D eigenvalue weighted by Crippen LogP contribution is 2.34. The van der Waals surface area contributed by atoms with E-state index in [4.69, 9.17) is 46.4 Å². The van der Waals surface area contributed by atoms with Crippen LogP contribution in [0.15, 0.2) is 36.4 Å². The molecule has 0 aliphatic heterocycles. The highest BCUT2D eigenvalue weighted by Gasteiger charge is 2.05. The van der Waals surface area contributed by atoms with Gasteiger partial charge in [-0.25, -0.2) is 0 Å². The number of anilines is 2. The van der Waals surface area contributed by atoms with Gasteiger partial charge in [-0.3, -0.25) is 0 Å². The Labute approximate surface area is 119 Å². The van der Waals surface area contributed by atoms with E-state index < -0.39 is 0 Å². The Balaban J connectivity index is 2.27. The Hall–Kier alpha value is -0.600. The molecule has 0 aromatic heterocycles. The van der Waals surface area contributed by atoms with Crippen molar-refractivity contribution in [3.05, 3.63) is 56.5 Å². The molecule has 2 aromatic carbocycles. The number of hydrogen-bond donors (Lipinski definition) is 1. The maximum atomic E-state index is 5.93. The summed E-state index contributed by atoms with van der Waals surface area (Å²) in [4.78, 5) is 0. The van der Waals surface area contributed by atoms with Gasteiger partial charge in [-0.1, -0.05) is 46.4 Å². The lowest BCUT2D eigenvalue weighted by molar-refractivity contribution is 1.55. The zero-order valence-corrected chi connectivity index (χ0v) is 11.5. The van der Waals surface area contributed by atoms with Gasteiger partial charge in [-0.05, 0) is 36.4 Å². The molecule has 2 aromatic rings. The molecule has 0 saturated carbocycles. The smallest absolute Gasteiger partial charge is 0.0780 e. The molecular formula is C12H7Cl4N. The molecule has 0 aliphatic carbocycles. The molecule has 1 nitrogen and oxygen atoms in total. The second kappa shape index (κ2) is 5.36. The predicted molar refractivity (Wildman–Crippen MR) is 76.2 cm³/mol. The van der Waals surface area contributed by atoms with Crippen molar-refractivity contribution in [1.82, 2.24) is 0 Å². The summed E-state index contributed by atoms with van der Waals surface area (Å²) in [6.07, 6.45) is 0. The van der Waals surface area contributed by atoms with Crippen LogP contribution in [0.25, 0.3) is 0 Å². The van der Waals surface area contributed by atoms with E-state index in [0.717, 1.165) is 11.4 Å². The molecule has 17 heavy (non-hydrogen) atoms. The molecule has 0 heterocycles. The minimum Gasteiger partial charge on any atom is -0.355 e. The number of nitrogens with one attached hydrogen (secondary N) is 1. The lowest BCUT2D eigenvalue weighted by Gasteiger charge is -2.08. The molecule has 5 heteroatoms. The summed E-state index contributed by atoms with van der Waals surface area (Å²) < 4.78 is 0. The number of rotatable bonds is 2. The molecule has 2 rings (SSSR count). The topological polar surface area (TPSA) is 12.0 Å². The molecule has 0 atom stereocenters. The van der Waals surface area contributed by atoms with Gasteiger partial charge in [0.05, 0.1) is 15.1 Å². The highest BCUT2D eigenvalue weighted by molar-refractivity contribution is 6.48. The molecule has 88 valence electrons. The van der Waals surface area contributed by atoms with Crippen molar-refractivity contribution < 1.29 is 0 Å². The summed E-state index contributed by atoms with van der Waals surface area (Å²) in [6, 6.07) is 10.7. The van der Waals surface area contributed by atoms with Crippen LogP contribution in [0.3, 0.4) is 0 Å². The van der Waals surface area contributed by atoms with Gasteiger partial charge >= 0.3 is 0 Å². The van der Waals surface area contributed by atoms with Crippen LogP contribution in [0.4, 0.5) is 11.4 Å². The van der Waals surface area contributed by atoms with Crippen molar-refractivity contribution in [3.63, 3.8) is 0 Å². The maximum absolute atomic E-state index is 5.93. The zero-order chi connectivity index (χ0) is 12.4. The first kappa shape index (κ1) is 12.8. The van der Waals surface area contributed by atoms with E-state index in [2.05, 4.69) is 5.32 Å². The Morgan fingerprint density at radius 3 is 1.76 bits per heavy atom. The first-order valence-electron chi connectivity index (χ1n) is 4.73. The van der Waals surface area contributed by atoms with Gasteiger partial charge in [0.25, 0.3) is 0 Å². The second-order valence-corrected chi connectivity index (χ2v) is 5.01. The van der Waals surface area contributed by atoms with Crippen molar-refractivity contribution in [1.29, 1.82) is 0 Å². The van der Waals surface area contributed by atoms with Crippen LogP contribution in [0.2, 0.25) is 20.1 Å². The van der Waals surface area contributed by atoms with Gasteiger partial charge < -0.3 is 5.32 Å². The average molecular weight is 307 g/mol. The van der Waals surface area contributed by atoms with Crippen molar-refractivity contribution in [3.8, 4) is 0 Å². The molecule has 0 fully saturated rings. The Kier molecular flexibility index (Phi) is 4.05. The fourth-order valence-electron chi connectivity index (χ4n) is 1.33. The minimum atomic E-state index is 0.356. The fourth-order valence-corrected chi connectivity index (χ4v) is 2.05. The molecule has 0 saturated heterocycles. The van der Waals surface area contributed by atoms with E-state index in [9.17, 15) is 0 Å². The molecule has 0 radical (unpaired) electrons. The number of benzene rings is 2. The monoisotopic (exact) mass is 305 g/mol. The zero-order valence-electron chi connectivity index (χ0n) is 8.48. The average Bonchev–Trinajstić information content (AvgIpc) is 2.29. The lowest BCUT2D eigenvalue weighted by Crippen LogP contribution is -1.90. The minimum absolute atomic E-state index is 0.356. The van der Waals surface area contributed by atoms with Crippen LogP contribution in [0.5, 0.6) is 0 Å². The van der Waals surface area contributed by atoms with E-state index >= 15 is 0 Å². The standard InChI is InChI=1S/C12H7Cl4N/c13-7-1-3-8(4-2-7)17-9-5-10(14)12(16)11(15)6-9/h1-6,17H. The summed E-state index contributed by atoms with van der Waals surface area (Å²) in [7, 11) is 0. The van der Waals surface area contributed by atoms with Crippen molar-refractivity contribution >= 4 is 57.8 Å². The Morgan fingerprint density at radius 2 is 1.24 bits per heavy atom. The molecule has 0 aliphatic rings. The van der Waals surface area contributed by atoms with Crippen molar-refractivity contribution in [2.45, 2.75) is 0 Å². The lowest BCUT2D eigenvalue weighted by atomic mass is 10.2. The van der Waals surface area contributed by atoms with Crippen LogP contribution >= 0.6 is 46.4 Å². The SMILES string of the molecule is Clc1ccc(Nc2cc(Cl)c(Cl)c(Cl)c2)cc1. The second-order valence-electron chi connectivity index (χ2n) is 3.39. The van der Waals surface area contributed by atoms with E-state index in [1.54, 1.807) is 24.3 Å². The third-order valence-electron chi connectivity index (χ3n) is 2.12. The summed E-state index contributed by atoms with van der Waals surface area (Å²) in [6.45, 7) is 0. The van der Waals surface area contributed by atoms with Crippen LogP contribution in [-0.4, -0.2) is 0 Å².